The molecule has 0 saturated carbocycles. The summed E-state index contributed by atoms with van der Waals surface area (Å²) in [6.07, 6.45) is 0.879. The van der Waals surface area contributed by atoms with E-state index in [1.807, 2.05) is 52.0 Å². The molecule has 1 heterocycles. The van der Waals surface area contributed by atoms with Crippen LogP contribution in [0.5, 0.6) is 11.5 Å². The molecular formula is C30H31NO5. The van der Waals surface area contributed by atoms with Crippen molar-refractivity contribution in [3.8, 4) is 11.5 Å². The minimum absolute atomic E-state index is 0.0369. The zero-order valence-corrected chi connectivity index (χ0v) is 21.3. The van der Waals surface area contributed by atoms with E-state index in [9.17, 15) is 14.7 Å². The third-order valence-corrected chi connectivity index (χ3v) is 6.38. The minimum Gasteiger partial charge on any atom is -0.507 e. The highest BCUT2D eigenvalue weighted by Crippen LogP contribution is 2.44. The lowest BCUT2D eigenvalue weighted by Gasteiger charge is -2.27. The Morgan fingerprint density at radius 1 is 0.972 bits per heavy atom. The van der Waals surface area contributed by atoms with E-state index < -0.39 is 17.7 Å². The van der Waals surface area contributed by atoms with Crippen LogP contribution in [0.15, 0.2) is 66.2 Å². The fraction of sp³-hybridized carbons (Fsp3) is 0.267. The van der Waals surface area contributed by atoms with Crippen molar-refractivity contribution < 1.29 is 24.2 Å². The number of rotatable bonds is 7. The van der Waals surface area contributed by atoms with Gasteiger partial charge >= 0.3 is 0 Å². The minimum atomic E-state index is -0.821. The van der Waals surface area contributed by atoms with Crippen LogP contribution in [0.3, 0.4) is 0 Å². The van der Waals surface area contributed by atoms with Crippen molar-refractivity contribution in [1.29, 1.82) is 0 Å². The van der Waals surface area contributed by atoms with Crippen molar-refractivity contribution in [2.75, 3.05) is 18.6 Å². The van der Waals surface area contributed by atoms with E-state index in [0.29, 0.717) is 34.9 Å². The molecule has 0 radical (unpaired) electrons. The first-order valence-electron chi connectivity index (χ1n) is 12.0. The first-order chi connectivity index (χ1) is 17.3. The van der Waals surface area contributed by atoms with Gasteiger partial charge in [-0.15, -0.1) is 0 Å². The Morgan fingerprint density at radius 3 is 2.42 bits per heavy atom. The number of anilines is 1. The summed E-state index contributed by atoms with van der Waals surface area (Å²) in [4.78, 5) is 28.4. The van der Waals surface area contributed by atoms with Gasteiger partial charge in [0.25, 0.3) is 11.7 Å². The maximum Gasteiger partial charge on any atom is 0.300 e. The molecule has 3 aromatic rings. The molecule has 0 bridgehead atoms. The van der Waals surface area contributed by atoms with Gasteiger partial charge < -0.3 is 14.6 Å². The number of hydrogen-bond donors (Lipinski definition) is 1. The van der Waals surface area contributed by atoms with Gasteiger partial charge in [-0.1, -0.05) is 36.8 Å². The van der Waals surface area contributed by atoms with Crippen LogP contribution in [0, 0.1) is 20.8 Å². The van der Waals surface area contributed by atoms with Gasteiger partial charge in [0.2, 0.25) is 0 Å². The van der Waals surface area contributed by atoms with Crippen molar-refractivity contribution in [3.63, 3.8) is 0 Å². The number of ether oxygens (including phenoxy) is 2. The van der Waals surface area contributed by atoms with Gasteiger partial charge in [0, 0.05) is 11.3 Å². The van der Waals surface area contributed by atoms with Crippen molar-refractivity contribution >= 4 is 23.1 Å². The summed E-state index contributed by atoms with van der Waals surface area (Å²) in [5.41, 5.74) is 4.50. The molecule has 1 aliphatic rings. The second-order valence-corrected chi connectivity index (χ2v) is 9.06. The highest BCUT2D eigenvalue weighted by Gasteiger charge is 2.47. The van der Waals surface area contributed by atoms with E-state index in [4.69, 9.17) is 9.47 Å². The van der Waals surface area contributed by atoms with Gasteiger partial charge in [0.15, 0.2) is 0 Å². The number of aliphatic hydroxyl groups is 1. The van der Waals surface area contributed by atoms with Gasteiger partial charge in [0.1, 0.15) is 17.3 Å². The summed E-state index contributed by atoms with van der Waals surface area (Å²) < 4.78 is 11.2. The molecule has 0 aromatic heterocycles. The number of carbonyl (C=O) groups is 2. The van der Waals surface area contributed by atoms with Crippen LogP contribution in [0.2, 0.25) is 0 Å². The average Bonchev–Trinajstić information content (AvgIpc) is 3.13. The van der Waals surface area contributed by atoms with E-state index in [-0.39, 0.29) is 11.3 Å². The van der Waals surface area contributed by atoms with Crippen LogP contribution in [0.4, 0.5) is 5.69 Å². The second-order valence-electron chi connectivity index (χ2n) is 9.06. The molecule has 6 nitrogen and oxygen atoms in total. The standard InChI is InChI=1S/C30H31NO5/c1-6-14-36-25-13-11-22(16-20(25)4)28(32)26-27(21-8-7-9-23(17-21)35-5)31(30(34)29(26)33)24-12-10-18(2)15-19(24)3/h7-13,15-17,27,32H,6,14H2,1-5H3/b28-26+. The van der Waals surface area contributed by atoms with Crippen molar-refractivity contribution in [2.24, 2.45) is 0 Å². The fourth-order valence-corrected chi connectivity index (χ4v) is 4.61. The Labute approximate surface area is 211 Å². The van der Waals surface area contributed by atoms with Crippen LogP contribution in [-0.2, 0) is 9.59 Å². The maximum absolute atomic E-state index is 13.4. The SMILES string of the molecule is CCCOc1ccc(/C(O)=C2\C(=O)C(=O)N(c3ccc(C)cc3C)C2c2cccc(OC)c2)cc1C. The molecule has 0 spiro atoms. The summed E-state index contributed by atoms with van der Waals surface area (Å²) >= 11 is 0. The lowest BCUT2D eigenvalue weighted by Crippen LogP contribution is -2.30. The molecule has 1 N–H and O–H groups in total. The predicted octanol–water partition coefficient (Wildman–Crippen LogP) is 6.04. The molecule has 1 fully saturated rings. The summed E-state index contributed by atoms with van der Waals surface area (Å²) in [7, 11) is 1.56. The third kappa shape index (κ3) is 4.59. The van der Waals surface area contributed by atoms with Crippen LogP contribution in [-0.4, -0.2) is 30.5 Å². The number of amides is 1. The van der Waals surface area contributed by atoms with E-state index in [2.05, 4.69) is 0 Å². The molecule has 1 saturated heterocycles. The Hall–Kier alpha value is -4.06. The molecule has 1 aliphatic heterocycles. The summed E-state index contributed by atoms with van der Waals surface area (Å²) in [5.74, 6) is -0.334. The number of benzene rings is 3. The average molecular weight is 486 g/mol. The van der Waals surface area contributed by atoms with Crippen molar-refractivity contribution in [2.45, 2.75) is 40.2 Å². The van der Waals surface area contributed by atoms with Crippen molar-refractivity contribution in [3.05, 3.63) is 94.1 Å². The normalized spacial score (nSPS) is 16.9. The number of carbonyl (C=O) groups excluding carboxylic acids is 2. The van der Waals surface area contributed by atoms with E-state index in [1.54, 1.807) is 43.5 Å². The van der Waals surface area contributed by atoms with Crippen molar-refractivity contribution in [1.82, 2.24) is 0 Å². The van der Waals surface area contributed by atoms with Crippen LogP contribution in [0.25, 0.3) is 5.76 Å². The molecule has 1 unspecified atom stereocenters. The van der Waals surface area contributed by atoms with Crippen LogP contribution < -0.4 is 14.4 Å². The Balaban J connectivity index is 1.91. The molecule has 1 amide bonds. The molecule has 6 heteroatoms. The number of Topliss-reactive ketones (excluding diaryl/α,β-unsaturated/α-hetero) is 1. The number of hydrogen-bond acceptors (Lipinski definition) is 5. The summed E-state index contributed by atoms with van der Waals surface area (Å²) in [6.45, 7) is 8.38. The van der Waals surface area contributed by atoms with E-state index in [1.165, 1.54) is 4.90 Å². The molecule has 3 aromatic carbocycles. The van der Waals surface area contributed by atoms with Crippen LogP contribution >= 0.6 is 0 Å². The molecule has 1 atom stereocenters. The Morgan fingerprint density at radius 2 is 1.75 bits per heavy atom. The highest BCUT2D eigenvalue weighted by molar-refractivity contribution is 6.51. The lowest BCUT2D eigenvalue weighted by atomic mass is 9.94. The number of nitrogens with zero attached hydrogens (tertiary/aromatic N) is 1. The number of methoxy groups -OCH3 is 1. The van der Waals surface area contributed by atoms with E-state index >= 15 is 0 Å². The zero-order valence-electron chi connectivity index (χ0n) is 21.3. The number of aliphatic hydroxyl groups excluding tert-OH is 1. The number of ketones is 1. The summed E-state index contributed by atoms with van der Waals surface area (Å²) in [5, 5.41) is 11.4. The summed E-state index contributed by atoms with van der Waals surface area (Å²) in [6, 6.07) is 17.4. The monoisotopic (exact) mass is 485 g/mol. The largest absolute Gasteiger partial charge is 0.507 e. The Bertz CT molecular complexity index is 1360. The molecular weight excluding hydrogens is 454 g/mol. The lowest BCUT2D eigenvalue weighted by molar-refractivity contribution is -0.132. The fourth-order valence-electron chi connectivity index (χ4n) is 4.61. The maximum atomic E-state index is 13.4. The quantitative estimate of drug-likeness (QED) is 0.251. The van der Waals surface area contributed by atoms with Gasteiger partial charge in [-0.25, -0.2) is 0 Å². The van der Waals surface area contributed by atoms with E-state index in [0.717, 1.165) is 23.1 Å². The van der Waals surface area contributed by atoms with Gasteiger partial charge in [-0.05, 0) is 80.3 Å². The predicted molar refractivity (Wildman–Crippen MR) is 141 cm³/mol. The topological polar surface area (TPSA) is 76.1 Å². The second kappa shape index (κ2) is 10.3. The Kier molecular flexibility index (Phi) is 7.15. The molecule has 36 heavy (non-hydrogen) atoms. The number of aryl methyl sites for hydroxylation is 3. The van der Waals surface area contributed by atoms with Gasteiger partial charge in [-0.2, -0.15) is 0 Å². The third-order valence-electron chi connectivity index (χ3n) is 6.38. The molecule has 186 valence electrons. The first kappa shape index (κ1) is 25.0. The van der Waals surface area contributed by atoms with Crippen LogP contribution in [0.1, 0.15) is 47.2 Å². The highest BCUT2D eigenvalue weighted by atomic mass is 16.5. The first-order valence-corrected chi connectivity index (χ1v) is 12.0. The van der Waals surface area contributed by atoms with Gasteiger partial charge in [-0.3, -0.25) is 14.5 Å². The molecule has 4 rings (SSSR count). The zero-order chi connectivity index (χ0) is 26.0. The molecule has 0 aliphatic carbocycles. The van der Waals surface area contributed by atoms with Gasteiger partial charge in [0.05, 0.1) is 25.3 Å². The smallest absolute Gasteiger partial charge is 0.300 e.